The summed E-state index contributed by atoms with van der Waals surface area (Å²) in [5, 5.41) is 10.8. The molecule has 4 nitrogen and oxygen atoms in total. The molecule has 2 rings (SSSR count). The number of hydrogen-bond donors (Lipinski definition) is 0. The lowest BCUT2D eigenvalue weighted by atomic mass is 9.97. The van der Waals surface area contributed by atoms with Crippen molar-refractivity contribution in [2.24, 2.45) is 5.92 Å². The van der Waals surface area contributed by atoms with E-state index in [2.05, 4.69) is 0 Å². The van der Waals surface area contributed by atoms with Crippen LogP contribution in [0.5, 0.6) is 0 Å². The molecular formula is C18H17NO3. The zero-order chi connectivity index (χ0) is 15.8. The summed E-state index contributed by atoms with van der Waals surface area (Å²) >= 11 is 0. The number of hydrogen-bond acceptors (Lipinski definition) is 3. The van der Waals surface area contributed by atoms with Crippen LogP contribution in [0.25, 0.3) is 6.08 Å². The van der Waals surface area contributed by atoms with Gasteiger partial charge in [-0.2, -0.15) is 0 Å². The van der Waals surface area contributed by atoms with E-state index < -0.39 is 5.92 Å². The van der Waals surface area contributed by atoms with Gasteiger partial charge in [0, 0.05) is 22.8 Å². The van der Waals surface area contributed by atoms with Crippen LogP contribution in [0.4, 0.5) is 0 Å². The van der Waals surface area contributed by atoms with Gasteiger partial charge in [0.1, 0.15) is 0 Å². The quantitative estimate of drug-likeness (QED) is 0.442. The summed E-state index contributed by atoms with van der Waals surface area (Å²) in [5.41, 5.74) is 1.55. The van der Waals surface area contributed by atoms with Gasteiger partial charge in [0.05, 0.1) is 0 Å². The summed E-state index contributed by atoms with van der Waals surface area (Å²) in [5.74, 6) is -0.493. The Morgan fingerprint density at radius 2 is 1.64 bits per heavy atom. The summed E-state index contributed by atoms with van der Waals surface area (Å²) in [7, 11) is 0. The highest BCUT2D eigenvalue weighted by molar-refractivity contribution is 5.96. The molecule has 0 amide bonds. The van der Waals surface area contributed by atoms with Crippen molar-refractivity contribution < 1.29 is 9.72 Å². The highest BCUT2D eigenvalue weighted by Gasteiger charge is 2.17. The fourth-order valence-electron chi connectivity index (χ4n) is 2.18. The summed E-state index contributed by atoms with van der Waals surface area (Å²) in [6.45, 7) is -0.248. The molecule has 0 fully saturated rings. The molecule has 0 spiro atoms. The van der Waals surface area contributed by atoms with Crippen LogP contribution in [0, 0.1) is 16.0 Å². The van der Waals surface area contributed by atoms with Crippen LogP contribution < -0.4 is 0 Å². The van der Waals surface area contributed by atoms with Crippen LogP contribution >= 0.6 is 0 Å². The fourth-order valence-corrected chi connectivity index (χ4v) is 2.18. The molecule has 0 saturated carbocycles. The van der Waals surface area contributed by atoms with Gasteiger partial charge >= 0.3 is 0 Å². The van der Waals surface area contributed by atoms with Crippen molar-refractivity contribution >= 4 is 11.9 Å². The Morgan fingerprint density at radius 1 is 1.05 bits per heavy atom. The maximum absolute atomic E-state index is 12.2. The maximum atomic E-state index is 12.2. The predicted molar refractivity (Wildman–Crippen MR) is 86.2 cm³/mol. The molecule has 0 aliphatic rings. The van der Waals surface area contributed by atoms with E-state index in [4.69, 9.17) is 0 Å². The lowest BCUT2D eigenvalue weighted by Crippen LogP contribution is -2.16. The topological polar surface area (TPSA) is 60.2 Å². The van der Waals surface area contributed by atoms with Crippen molar-refractivity contribution in [2.75, 3.05) is 6.54 Å². The second-order valence-electron chi connectivity index (χ2n) is 5.04. The summed E-state index contributed by atoms with van der Waals surface area (Å²) in [4.78, 5) is 22.6. The Labute approximate surface area is 129 Å². The number of carbonyl (C=O) groups excluding carboxylic acids is 1. The first-order chi connectivity index (χ1) is 10.6. The van der Waals surface area contributed by atoms with Gasteiger partial charge in [-0.15, -0.1) is 0 Å². The average Bonchev–Trinajstić information content (AvgIpc) is 2.54. The molecule has 0 radical (unpaired) electrons. The summed E-state index contributed by atoms with van der Waals surface area (Å²) < 4.78 is 0. The largest absolute Gasteiger partial charge is 0.294 e. The number of nitrogens with zero attached hydrogens (tertiary/aromatic N) is 1. The first kappa shape index (κ1) is 15.6. The van der Waals surface area contributed by atoms with Crippen LogP contribution in [0.1, 0.15) is 22.3 Å². The number of rotatable bonds is 7. The molecule has 2 aromatic carbocycles. The minimum atomic E-state index is -0.414. The minimum absolute atomic E-state index is 0.0786. The molecule has 0 aliphatic heterocycles. The minimum Gasteiger partial charge on any atom is -0.294 e. The van der Waals surface area contributed by atoms with Gasteiger partial charge in [-0.25, -0.2) is 0 Å². The van der Waals surface area contributed by atoms with Gasteiger partial charge in [-0.3, -0.25) is 14.9 Å². The van der Waals surface area contributed by atoms with Crippen molar-refractivity contribution in [3.05, 3.63) is 88.0 Å². The Kier molecular flexibility index (Phi) is 5.60. The number of ketones is 1. The van der Waals surface area contributed by atoms with Gasteiger partial charge in [-0.05, 0) is 5.56 Å². The van der Waals surface area contributed by atoms with E-state index in [1.807, 2.05) is 42.5 Å². The highest BCUT2D eigenvalue weighted by Crippen LogP contribution is 2.14. The predicted octanol–water partition coefficient (Wildman–Crippen LogP) is 3.87. The van der Waals surface area contributed by atoms with E-state index in [0.717, 1.165) is 5.56 Å². The fraction of sp³-hybridized carbons (Fsp3) is 0.167. The first-order valence-electron chi connectivity index (χ1n) is 7.08. The molecule has 0 aliphatic carbocycles. The third-order valence-corrected chi connectivity index (χ3v) is 3.29. The summed E-state index contributed by atoms with van der Waals surface area (Å²) in [6.07, 6.45) is 3.71. The Hall–Kier alpha value is -2.75. The number of benzene rings is 2. The standard InChI is InChI=1S/C18H17NO3/c20-18(17-9-5-2-6-10-17)13-16(14-19(21)22)12-11-15-7-3-1-4-8-15/h1-12,16H,13-14H2/b12-11+/t16-/m1/s1. The Morgan fingerprint density at radius 3 is 2.23 bits per heavy atom. The number of Topliss-reactive ketones (excluding diaryl/α,β-unsaturated/α-hetero) is 1. The third kappa shape index (κ3) is 4.98. The Bertz CT molecular complexity index is 651. The van der Waals surface area contributed by atoms with E-state index in [9.17, 15) is 14.9 Å². The third-order valence-electron chi connectivity index (χ3n) is 3.29. The normalized spacial score (nSPS) is 12.2. The molecule has 0 aromatic heterocycles. The van der Waals surface area contributed by atoms with Crippen molar-refractivity contribution in [1.82, 2.24) is 0 Å². The van der Waals surface area contributed by atoms with Gasteiger partial charge in [0.2, 0.25) is 6.54 Å². The summed E-state index contributed by atoms with van der Waals surface area (Å²) in [6, 6.07) is 18.4. The first-order valence-corrected chi connectivity index (χ1v) is 7.08. The smallest absolute Gasteiger partial charge is 0.210 e. The molecule has 1 atom stereocenters. The molecule has 0 unspecified atom stereocenters. The molecule has 0 bridgehead atoms. The van der Waals surface area contributed by atoms with Gasteiger partial charge < -0.3 is 0 Å². The van der Waals surface area contributed by atoms with Gasteiger partial charge in [0.15, 0.2) is 5.78 Å². The van der Waals surface area contributed by atoms with Crippen molar-refractivity contribution in [1.29, 1.82) is 0 Å². The van der Waals surface area contributed by atoms with Crippen molar-refractivity contribution in [2.45, 2.75) is 6.42 Å². The van der Waals surface area contributed by atoms with Crippen LogP contribution in [-0.4, -0.2) is 17.3 Å². The molecule has 0 heterocycles. The van der Waals surface area contributed by atoms with Gasteiger partial charge in [0.25, 0.3) is 0 Å². The second-order valence-corrected chi connectivity index (χ2v) is 5.04. The van der Waals surface area contributed by atoms with Crippen LogP contribution in [0.15, 0.2) is 66.7 Å². The average molecular weight is 295 g/mol. The second kappa shape index (κ2) is 7.88. The van der Waals surface area contributed by atoms with E-state index in [1.165, 1.54) is 0 Å². The lowest BCUT2D eigenvalue weighted by molar-refractivity contribution is -0.485. The monoisotopic (exact) mass is 295 g/mol. The molecule has 0 saturated heterocycles. The number of nitro groups is 1. The molecule has 22 heavy (non-hydrogen) atoms. The van der Waals surface area contributed by atoms with Crippen LogP contribution in [0.2, 0.25) is 0 Å². The van der Waals surface area contributed by atoms with Gasteiger partial charge in [-0.1, -0.05) is 72.8 Å². The molecular weight excluding hydrogens is 278 g/mol. The van der Waals surface area contributed by atoms with Crippen LogP contribution in [0.3, 0.4) is 0 Å². The highest BCUT2D eigenvalue weighted by atomic mass is 16.6. The van der Waals surface area contributed by atoms with Crippen molar-refractivity contribution in [3.8, 4) is 0 Å². The molecule has 0 N–H and O–H groups in total. The molecule has 112 valence electrons. The molecule has 2 aromatic rings. The number of carbonyl (C=O) groups is 1. The van der Waals surface area contributed by atoms with E-state index in [1.54, 1.807) is 30.3 Å². The van der Waals surface area contributed by atoms with E-state index in [0.29, 0.717) is 5.56 Å². The SMILES string of the molecule is O=C(C[C@@H](/C=C/c1ccccc1)C[N+](=O)[O-])c1ccccc1. The van der Waals surface area contributed by atoms with Crippen molar-refractivity contribution in [3.63, 3.8) is 0 Å². The lowest BCUT2D eigenvalue weighted by Gasteiger charge is -2.07. The zero-order valence-corrected chi connectivity index (χ0v) is 12.1. The molecule has 4 heteroatoms. The Balaban J connectivity index is 2.08. The van der Waals surface area contributed by atoms with E-state index in [-0.39, 0.29) is 23.7 Å². The zero-order valence-electron chi connectivity index (χ0n) is 12.1. The van der Waals surface area contributed by atoms with Crippen LogP contribution in [-0.2, 0) is 0 Å². The maximum Gasteiger partial charge on any atom is 0.210 e. The van der Waals surface area contributed by atoms with E-state index >= 15 is 0 Å².